The van der Waals surface area contributed by atoms with Crippen LogP contribution in [0.1, 0.15) is 52.9 Å². The van der Waals surface area contributed by atoms with Crippen molar-refractivity contribution < 1.29 is 14.3 Å². The lowest BCUT2D eigenvalue weighted by molar-refractivity contribution is -0.137. The van der Waals surface area contributed by atoms with E-state index in [0.717, 1.165) is 38.9 Å². The fourth-order valence-electron chi connectivity index (χ4n) is 3.04. The molecule has 0 aromatic heterocycles. The summed E-state index contributed by atoms with van der Waals surface area (Å²) in [7, 11) is 0. The summed E-state index contributed by atoms with van der Waals surface area (Å²) in [6, 6.07) is 0.251. The quantitative estimate of drug-likeness (QED) is 0.804. The summed E-state index contributed by atoms with van der Waals surface area (Å²) in [4.78, 5) is 11.9. The molecular formula is C15H27NO3. The standard InChI is InChI=1S/C15H27NO3/c1-4-18-13-10-12(15(13,2)3)16-14(17)8-7-11-6-5-9-19-11/h11-13H,4-10H2,1-3H3,(H,16,17)/t11-,12+,13-/m0/s1. The van der Waals surface area contributed by atoms with Crippen LogP contribution < -0.4 is 5.32 Å². The number of amides is 1. The van der Waals surface area contributed by atoms with E-state index in [1.807, 2.05) is 6.92 Å². The number of rotatable bonds is 6. The smallest absolute Gasteiger partial charge is 0.220 e. The van der Waals surface area contributed by atoms with Crippen LogP contribution in [-0.2, 0) is 14.3 Å². The molecule has 1 amide bonds. The average Bonchev–Trinajstić information content (AvgIpc) is 2.88. The van der Waals surface area contributed by atoms with Gasteiger partial charge in [0.25, 0.3) is 0 Å². The highest BCUT2D eigenvalue weighted by Crippen LogP contribution is 2.42. The number of carbonyl (C=O) groups is 1. The van der Waals surface area contributed by atoms with Crippen LogP contribution in [0.5, 0.6) is 0 Å². The molecule has 1 heterocycles. The lowest BCUT2D eigenvalue weighted by Crippen LogP contribution is -2.62. The van der Waals surface area contributed by atoms with Crippen molar-refractivity contribution in [2.45, 2.75) is 71.1 Å². The summed E-state index contributed by atoms with van der Waals surface area (Å²) >= 11 is 0. The maximum atomic E-state index is 11.9. The Bertz CT molecular complexity index is 311. The fourth-order valence-corrected chi connectivity index (χ4v) is 3.04. The minimum absolute atomic E-state index is 0.0511. The molecule has 0 aromatic carbocycles. The largest absolute Gasteiger partial charge is 0.378 e. The van der Waals surface area contributed by atoms with Gasteiger partial charge in [0, 0.05) is 31.1 Å². The molecule has 0 bridgehead atoms. The fraction of sp³-hybridized carbons (Fsp3) is 0.933. The molecule has 3 atom stereocenters. The summed E-state index contributed by atoms with van der Waals surface area (Å²) in [6.45, 7) is 7.96. The second-order valence-electron chi connectivity index (χ2n) is 6.29. The number of carbonyl (C=O) groups excluding carboxylic acids is 1. The maximum absolute atomic E-state index is 11.9. The van der Waals surface area contributed by atoms with Gasteiger partial charge in [-0.2, -0.15) is 0 Å². The van der Waals surface area contributed by atoms with Crippen LogP contribution in [0, 0.1) is 5.41 Å². The number of hydrogen-bond donors (Lipinski definition) is 1. The Balaban J connectivity index is 1.68. The second kappa shape index (κ2) is 6.23. The Morgan fingerprint density at radius 1 is 1.47 bits per heavy atom. The zero-order valence-electron chi connectivity index (χ0n) is 12.4. The predicted molar refractivity (Wildman–Crippen MR) is 74.0 cm³/mol. The van der Waals surface area contributed by atoms with Gasteiger partial charge in [-0.1, -0.05) is 13.8 Å². The van der Waals surface area contributed by atoms with E-state index in [2.05, 4.69) is 19.2 Å². The first-order valence-electron chi connectivity index (χ1n) is 7.56. The van der Waals surface area contributed by atoms with Gasteiger partial charge in [-0.15, -0.1) is 0 Å². The molecule has 1 aliphatic carbocycles. The van der Waals surface area contributed by atoms with Gasteiger partial charge < -0.3 is 14.8 Å². The maximum Gasteiger partial charge on any atom is 0.220 e. The van der Waals surface area contributed by atoms with Crippen LogP contribution in [-0.4, -0.2) is 37.4 Å². The molecule has 1 saturated carbocycles. The van der Waals surface area contributed by atoms with E-state index >= 15 is 0 Å². The van der Waals surface area contributed by atoms with Crippen LogP contribution in [0.2, 0.25) is 0 Å². The van der Waals surface area contributed by atoms with E-state index in [-0.39, 0.29) is 23.5 Å². The van der Waals surface area contributed by atoms with Crippen molar-refractivity contribution in [3.8, 4) is 0 Å². The molecule has 2 rings (SSSR count). The normalized spacial score (nSPS) is 32.9. The molecule has 19 heavy (non-hydrogen) atoms. The third-order valence-corrected chi connectivity index (χ3v) is 4.60. The van der Waals surface area contributed by atoms with Gasteiger partial charge in [0.15, 0.2) is 0 Å². The van der Waals surface area contributed by atoms with Crippen molar-refractivity contribution in [1.82, 2.24) is 5.32 Å². The molecule has 110 valence electrons. The third-order valence-electron chi connectivity index (χ3n) is 4.60. The summed E-state index contributed by atoms with van der Waals surface area (Å²) < 4.78 is 11.2. The molecule has 0 radical (unpaired) electrons. The second-order valence-corrected chi connectivity index (χ2v) is 6.29. The molecule has 0 spiro atoms. The highest BCUT2D eigenvalue weighted by molar-refractivity contribution is 5.76. The van der Waals surface area contributed by atoms with E-state index < -0.39 is 0 Å². The van der Waals surface area contributed by atoms with Crippen molar-refractivity contribution in [3.05, 3.63) is 0 Å². The van der Waals surface area contributed by atoms with Crippen LogP contribution in [0.25, 0.3) is 0 Å². The SMILES string of the molecule is CCO[C@H]1C[C@@H](NC(=O)CC[C@@H]2CCCO2)C1(C)C. The molecule has 4 nitrogen and oxygen atoms in total. The number of nitrogens with one attached hydrogen (secondary N) is 1. The van der Waals surface area contributed by atoms with Crippen LogP contribution >= 0.6 is 0 Å². The molecule has 1 saturated heterocycles. The summed E-state index contributed by atoms with van der Waals surface area (Å²) in [5, 5.41) is 3.14. The van der Waals surface area contributed by atoms with Gasteiger partial charge in [-0.05, 0) is 32.6 Å². The Hall–Kier alpha value is -0.610. The highest BCUT2D eigenvalue weighted by atomic mass is 16.5. The van der Waals surface area contributed by atoms with Gasteiger partial charge >= 0.3 is 0 Å². The van der Waals surface area contributed by atoms with Crippen molar-refractivity contribution >= 4 is 5.91 Å². The lowest BCUT2D eigenvalue weighted by Gasteiger charge is -2.51. The third kappa shape index (κ3) is 3.48. The van der Waals surface area contributed by atoms with Crippen LogP contribution in [0.3, 0.4) is 0 Å². The Morgan fingerprint density at radius 3 is 2.84 bits per heavy atom. The molecule has 4 heteroatoms. The Morgan fingerprint density at radius 2 is 2.26 bits per heavy atom. The van der Waals surface area contributed by atoms with E-state index in [4.69, 9.17) is 9.47 Å². The van der Waals surface area contributed by atoms with E-state index in [9.17, 15) is 4.79 Å². The van der Waals surface area contributed by atoms with Gasteiger partial charge in [0.05, 0.1) is 12.2 Å². The minimum Gasteiger partial charge on any atom is -0.378 e. The first-order valence-corrected chi connectivity index (χ1v) is 7.56. The molecule has 1 N–H and O–H groups in total. The van der Waals surface area contributed by atoms with E-state index in [1.165, 1.54) is 0 Å². The first kappa shape index (κ1) is 14.8. The Labute approximate surface area is 116 Å². The topological polar surface area (TPSA) is 47.6 Å². The minimum atomic E-state index is 0.0511. The first-order chi connectivity index (χ1) is 9.04. The van der Waals surface area contributed by atoms with Crippen LogP contribution in [0.4, 0.5) is 0 Å². The lowest BCUT2D eigenvalue weighted by atomic mass is 9.64. The zero-order chi connectivity index (χ0) is 13.9. The summed E-state index contributed by atoms with van der Waals surface area (Å²) in [5.41, 5.74) is 0.0511. The molecule has 2 fully saturated rings. The average molecular weight is 269 g/mol. The molecule has 0 unspecified atom stereocenters. The number of hydrogen-bond acceptors (Lipinski definition) is 3. The van der Waals surface area contributed by atoms with Crippen LogP contribution in [0.15, 0.2) is 0 Å². The molecule has 1 aliphatic heterocycles. The van der Waals surface area contributed by atoms with Crippen molar-refractivity contribution in [2.75, 3.05) is 13.2 Å². The summed E-state index contributed by atoms with van der Waals surface area (Å²) in [6.07, 6.45) is 5.20. The highest BCUT2D eigenvalue weighted by Gasteiger charge is 2.49. The van der Waals surface area contributed by atoms with E-state index in [0.29, 0.717) is 12.5 Å². The molecule has 0 aromatic rings. The Kier molecular flexibility index (Phi) is 4.85. The predicted octanol–water partition coefficient (Wildman–Crippen LogP) is 2.27. The summed E-state index contributed by atoms with van der Waals surface area (Å²) in [5.74, 6) is 0.156. The zero-order valence-corrected chi connectivity index (χ0v) is 12.4. The van der Waals surface area contributed by atoms with Gasteiger partial charge in [0.2, 0.25) is 5.91 Å². The van der Waals surface area contributed by atoms with E-state index in [1.54, 1.807) is 0 Å². The van der Waals surface area contributed by atoms with Crippen molar-refractivity contribution in [2.24, 2.45) is 5.41 Å². The number of ether oxygens (including phenoxy) is 2. The molecule has 2 aliphatic rings. The van der Waals surface area contributed by atoms with Gasteiger partial charge in [-0.25, -0.2) is 0 Å². The van der Waals surface area contributed by atoms with Crippen molar-refractivity contribution in [1.29, 1.82) is 0 Å². The van der Waals surface area contributed by atoms with Gasteiger partial charge in [0.1, 0.15) is 0 Å². The van der Waals surface area contributed by atoms with Gasteiger partial charge in [-0.3, -0.25) is 4.79 Å². The molecular weight excluding hydrogens is 242 g/mol. The van der Waals surface area contributed by atoms with Crippen molar-refractivity contribution in [3.63, 3.8) is 0 Å². The monoisotopic (exact) mass is 269 g/mol.